The van der Waals surface area contributed by atoms with Gasteiger partial charge in [0.1, 0.15) is 18.3 Å². The normalized spacial score (nSPS) is 11.9. The van der Waals surface area contributed by atoms with Crippen molar-refractivity contribution >= 4 is 55.1 Å². The lowest BCUT2D eigenvalue weighted by atomic mass is 10.1. The van der Waals surface area contributed by atoms with Crippen LogP contribution in [0.15, 0.2) is 76.1 Å². The number of amides is 2. The summed E-state index contributed by atoms with van der Waals surface area (Å²) >= 11 is 9.69. The zero-order valence-corrected chi connectivity index (χ0v) is 25.3. The van der Waals surface area contributed by atoms with E-state index in [-0.39, 0.29) is 33.8 Å². The minimum Gasteiger partial charge on any atom is -0.495 e. The number of carbonyl (C=O) groups is 2. The predicted octanol–water partition coefficient (Wildman–Crippen LogP) is 5.17. The van der Waals surface area contributed by atoms with Crippen molar-refractivity contribution in [3.8, 4) is 5.75 Å². The third kappa shape index (κ3) is 7.52. The van der Waals surface area contributed by atoms with Crippen LogP contribution in [0.2, 0.25) is 5.02 Å². The van der Waals surface area contributed by atoms with Gasteiger partial charge < -0.3 is 15.0 Å². The van der Waals surface area contributed by atoms with Crippen molar-refractivity contribution in [3.05, 3.63) is 87.4 Å². The van der Waals surface area contributed by atoms with E-state index in [4.69, 9.17) is 16.3 Å². The molecule has 0 saturated carbocycles. The Morgan fingerprint density at radius 2 is 1.77 bits per heavy atom. The SMILES string of the molecule is CCNC(=O)C(C)N(Cc1cccc(Br)c1)C(=O)CN(c1cc(Cl)ccc1OC)S(=O)(=O)c1ccc(C)cc1. The Bertz CT molecular complexity index is 1430. The van der Waals surface area contributed by atoms with E-state index in [0.29, 0.717) is 6.54 Å². The van der Waals surface area contributed by atoms with Crippen LogP contribution in [-0.2, 0) is 26.2 Å². The van der Waals surface area contributed by atoms with Crippen molar-refractivity contribution in [1.29, 1.82) is 0 Å². The lowest BCUT2D eigenvalue weighted by Gasteiger charge is -2.32. The molecule has 0 aliphatic rings. The number of aryl methyl sites for hydroxylation is 1. The molecule has 0 spiro atoms. The van der Waals surface area contributed by atoms with Gasteiger partial charge in [-0.1, -0.05) is 57.4 Å². The van der Waals surface area contributed by atoms with Gasteiger partial charge in [-0.15, -0.1) is 0 Å². The van der Waals surface area contributed by atoms with E-state index in [1.807, 2.05) is 31.2 Å². The number of methoxy groups -OCH3 is 1. The second-order valence-electron chi connectivity index (χ2n) is 8.86. The monoisotopic (exact) mass is 635 g/mol. The third-order valence-corrected chi connectivity index (χ3v) is 8.56. The van der Waals surface area contributed by atoms with Crippen LogP contribution in [0.5, 0.6) is 5.75 Å². The number of ether oxygens (including phenoxy) is 1. The maximum Gasteiger partial charge on any atom is 0.264 e. The Morgan fingerprint density at radius 3 is 2.38 bits per heavy atom. The van der Waals surface area contributed by atoms with Crippen LogP contribution in [-0.4, -0.2) is 51.4 Å². The van der Waals surface area contributed by atoms with Crippen molar-refractivity contribution < 1.29 is 22.7 Å². The minimum atomic E-state index is -4.25. The molecule has 0 aliphatic carbocycles. The number of nitrogens with zero attached hydrogens (tertiary/aromatic N) is 2. The van der Waals surface area contributed by atoms with Gasteiger partial charge in [-0.3, -0.25) is 13.9 Å². The fraction of sp³-hybridized carbons (Fsp3) is 0.286. The highest BCUT2D eigenvalue weighted by molar-refractivity contribution is 9.10. The van der Waals surface area contributed by atoms with E-state index in [1.165, 1.54) is 36.3 Å². The van der Waals surface area contributed by atoms with Crippen LogP contribution >= 0.6 is 27.5 Å². The van der Waals surface area contributed by atoms with Crippen molar-refractivity contribution in [1.82, 2.24) is 10.2 Å². The number of carbonyl (C=O) groups excluding carboxylic acids is 2. The number of anilines is 1. The van der Waals surface area contributed by atoms with Crippen LogP contribution in [0, 0.1) is 6.92 Å². The first-order chi connectivity index (χ1) is 18.5. The van der Waals surface area contributed by atoms with Crippen molar-refractivity contribution in [2.24, 2.45) is 0 Å². The van der Waals surface area contributed by atoms with Crippen molar-refractivity contribution in [3.63, 3.8) is 0 Å². The van der Waals surface area contributed by atoms with Crippen LogP contribution in [0.25, 0.3) is 0 Å². The maximum atomic E-state index is 14.0. The second kappa shape index (κ2) is 13.3. The number of likely N-dealkylation sites (N-methyl/N-ethyl adjacent to an activating group) is 1. The summed E-state index contributed by atoms with van der Waals surface area (Å²) in [4.78, 5) is 28.1. The van der Waals surface area contributed by atoms with E-state index >= 15 is 0 Å². The van der Waals surface area contributed by atoms with Gasteiger partial charge in [0.05, 0.1) is 17.7 Å². The molecule has 0 aromatic heterocycles. The van der Waals surface area contributed by atoms with E-state index in [9.17, 15) is 18.0 Å². The maximum absolute atomic E-state index is 14.0. The summed E-state index contributed by atoms with van der Waals surface area (Å²) in [5, 5.41) is 3.01. The molecule has 1 atom stereocenters. The molecule has 3 aromatic rings. The van der Waals surface area contributed by atoms with E-state index in [0.717, 1.165) is 19.9 Å². The fourth-order valence-corrected chi connectivity index (χ4v) is 5.97. The summed E-state index contributed by atoms with van der Waals surface area (Å²) in [6.07, 6.45) is 0. The second-order valence-corrected chi connectivity index (χ2v) is 12.1. The van der Waals surface area contributed by atoms with Gasteiger partial charge >= 0.3 is 0 Å². The molecule has 0 bridgehead atoms. The molecule has 2 amide bonds. The summed E-state index contributed by atoms with van der Waals surface area (Å²) in [6, 6.07) is 17.3. The van der Waals surface area contributed by atoms with Gasteiger partial charge in [-0.25, -0.2) is 8.42 Å². The lowest BCUT2D eigenvalue weighted by molar-refractivity contribution is -0.139. The van der Waals surface area contributed by atoms with Crippen LogP contribution in [0.1, 0.15) is 25.0 Å². The number of rotatable bonds is 11. The molecule has 1 N–H and O–H groups in total. The van der Waals surface area contributed by atoms with Gasteiger partial charge in [0.2, 0.25) is 11.8 Å². The number of benzene rings is 3. The van der Waals surface area contributed by atoms with Gasteiger partial charge in [0, 0.05) is 22.6 Å². The van der Waals surface area contributed by atoms with Crippen LogP contribution in [0.4, 0.5) is 5.69 Å². The summed E-state index contributed by atoms with van der Waals surface area (Å²) in [5.41, 5.74) is 1.75. The minimum absolute atomic E-state index is 0.00163. The quantitative estimate of drug-likeness (QED) is 0.314. The third-order valence-electron chi connectivity index (χ3n) is 6.06. The number of sulfonamides is 1. The number of hydrogen-bond donors (Lipinski definition) is 1. The van der Waals surface area contributed by atoms with Crippen molar-refractivity contribution in [2.45, 2.75) is 38.3 Å². The molecule has 3 aromatic carbocycles. The molecule has 0 heterocycles. The molecule has 1 unspecified atom stereocenters. The van der Waals surface area contributed by atoms with E-state index in [2.05, 4.69) is 21.2 Å². The Hall–Kier alpha value is -3.08. The zero-order chi connectivity index (χ0) is 28.7. The van der Waals surface area contributed by atoms with E-state index < -0.39 is 28.5 Å². The summed E-state index contributed by atoms with van der Waals surface area (Å²) in [7, 11) is -2.84. The van der Waals surface area contributed by atoms with Gasteiger partial charge in [0.25, 0.3) is 10.0 Å². The van der Waals surface area contributed by atoms with Crippen LogP contribution in [0.3, 0.4) is 0 Å². The largest absolute Gasteiger partial charge is 0.495 e. The molecule has 3 rings (SSSR count). The first-order valence-corrected chi connectivity index (χ1v) is 14.8. The Morgan fingerprint density at radius 1 is 1.08 bits per heavy atom. The molecule has 0 saturated heterocycles. The Labute approximate surface area is 243 Å². The highest BCUT2D eigenvalue weighted by Gasteiger charge is 2.34. The standard InChI is InChI=1S/C28H31BrClN3O5S/c1-5-31-28(35)20(3)32(17-21-7-6-8-22(29)15-21)27(34)18-33(25-16-23(30)11-14-26(25)38-4)39(36,37)24-12-9-19(2)10-13-24/h6-16,20H,5,17-18H2,1-4H3,(H,31,35). The van der Waals surface area contributed by atoms with Gasteiger partial charge in [-0.2, -0.15) is 0 Å². The molecular weight excluding hydrogens is 606 g/mol. The molecule has 0 radical (unpaired) electrons. The first kappa shape index (κ1) is 30.5. The topological polar surface area (TPSA) is 96.0 Å². The zero-order valence-electron chi connectivity index (χ0n) is 22.1. The summed E-state index contributed by atoms with van der Waals surface area (Å²) < 4.78 is 35.2. The lowest BCUT2D eigenvalue weighted by Crippen LogP contribution is -2.51. The smallest absolute Gasteiger partial charge is 0.264 e. The molecule has 208 valence electrons. The van der Waals surface area contributed by atoms with Gasteiger partial charge in [0.15, 0.2) is 0 Å². The summed E-state index contributed by atoms with van der Waals surface area (Å²) in [5.74, 6) is -0.709. The number of hydrogen-bond acceptors (Lipinski definition) is 5. The van der Waals surface area contributed by atoms with Crippen LogP contribution < -0.4 is 14.4 Å². The Kier molecular flexibility index (Phi) is 10.4. The van der Waals surface area contributed by atoms with E-state index in [1.54, 1.807) is 32.0 Å². The molecule has 39 heavy (non-hydrogen) atoms. The number of nitrogens with one attached hydrogen (secondary N) is 1. The predicted molar refractivity (Wildman–Crippen MR) is 157 cm³/mol. The highest BCUT2D eigenvalue weighted by atomic mass is 79.9. The molecule has 0 fully saturated rings. The Balaban J connectivity index is 2.10. The van der Waals surface area contributed by atoms with Gasteiger partial charge in [-0.05, 0) is 68.8 Å². The average Bonchev–Trinajstić information content (AvgIpc) is 2.90. The van der Waals surface area contributed by atoms with Crippen molar-refractivity contribution in [2.75, 3.05) is 24.5 Å². The summed E-state index contributed by atoms with van der Waals surface area (Å²) in [6.45, 7) is 5.12. The molecule has 8 nitrogen and oxygen atoms in total. The highest BCUT2D eigenvalue weighted by Crippen LogP contribution is 2.35. The molecular formula is C28H31BrClN3O5S. The molecule has 0 aliphatic heterocycles. The average molecular weight is 637 g/mol. The first-order valence-electron chi connectivity index (χ1n) is 12.2. The fourth-order valence-electron chi connectivity index (χ4n) is 3.95. The number of halogens is 2. The molecule has 11 heteroatoms.